The van der Waals surface area contributed by atoms with Gasteiger partial charge in [0.1, 0.15) is 5.69 Å². The number of carbonyl (C=O) groups is 1. The van der Waals surface area contributed by atoms with E-state index in [1.54, 1.807) is 4.68 Å². The molecule has 3 N–H and O–H groups in total. The van der Waals surface area contributed by atoms with E-state index in [-0.39, 0.29) is 11.9 Å². The lowest BCUT2D eigenvalue weighted by Gasteiger charge is -2.12. The number of para-hydroxylation sites is 1. The van der Waals surface area contributed by atoms with Gasteiger partial charge in [0.25, 0.3) is 5.91 Å². The molecule has 2 aliphatic rings. The number of aromatic nitrogens is 2. The smallest absolute Gasteiger partial charge is 0.270 e. The molecule has 0 bridgehead atoms. The molecule has 23 heavy (non-hydrogen) atoms. The van der Waals surface area contributed by atoms with Gasteiger partial charge in [0.2, 0.25) is 0 Å². The van der Waals surface area contributed by atoms with Crippen LogP contribution < -0.4 is 11.1 Å². The summed E-state index contributed by atoms with van der Waals surface area (Å²) < 4.78 is 1.76. The third-order valence-corrected chi connectivity index (χ3v) is 4.68. The van der Waals surface area contributed by atoms with Gasteiger partial charge in [0, 0.05) is 18.5 Å². The van der Waals surface area contributed by atoms with Crippen LogP contribution in [0.3, 0.4) is 0 Å². The number of amides is 1. The Kier molecular flexibility index (Phi) is 3.65. The van der Waals surface area contributed by atoms with E-state index in [0.29, 0.717) is 24.1 Å². The Bertz CT molecular complexity index is 701. The van der Waals surface area contributed by atoms with Crippen molar-refractivity contribution in [3.8, 4) is 5.69 Å². The van der Waals surface area contributed by atoms with Crippen LogP contribution in [-0.4, -0.2) is 28.3 Å². The molecule has 2 aromatic rings. The number of nitrogens with two attached hydrogens (primary N) is 1. The van der Waals surface area contributed by atoms with Gasteiger partial charge in [-0.1, -0.05) is 18.2 Å². The van der Waals surface area contributed by atoms with Crippen molar-refractivity contribution >= 4 is 5.91 Å². The SMILES string of the molecule is NC(CNC(=O)c1cc(C2CC2)nn1-c1ccccc1)C1CC1. The van der Waals surface area contributed by atoms with Crippen molar-refractivity contribution in [1.82, 2.24) is 15.1 Å². The van der Waals surface area contributed by atoms with Crippen LogP contribution in [-0.2, 0) is 0 Å². The minimum Gasteiger partial charge on any atom is -0.349 e. The van der Waals surface area contributed by atoms with Gasteiger partial charge in [0.05, 0.1) is 11.4 Å². The van der Waals surface area contributed by atoms with Crippen molar-refractivity contribution in [2.75, 3.05) is 6.54 Å². The first kappa shape index (κ1) is 14.5. The molecule has 2 aliphatic carbocycles. The molecule has 120 valence electrons. The topological polar surface area (TPSA) is 72.9 Å². The molecule has 1 amide bonds. The number of nitrogens with zero attached hydrogens (tertiary/aromatic N) is 2. The van der Waals surface area contributed by atoms with Crippen molar-refractivity contribution < 1.29 is 4.79 Å². The number of rotatable bonds is 6. The molecule has 5 nitrogen and oxygen atoms in total. The summed E-state index contributed by atoms with van der Waals surface area (Å²) in [7, 11) is 0. The molecule has 2 fully saturated rings. The maximum atomic E-state index is 12.6. The average Bonchev–Trinajstić information content (AvgIpc) is 3.50. The van der Waals surface area contributed by atoms with E-state index in [1.807, 2.05) is 36.4 Å². The molecule has 0 spiro atoms. The first-order valence-corrected chi connectivity index (χ1v) is 8.41. The highest BCUT2D eigenvalue weighted by atomic mass is 16.2. The van der Waals surface area contributed by atoms with Crippen LogP contribution in [0.15, 0.2) is 36.4 Å². The van der Waals surface area contributed by atoms with Crippen LogP contribution in [0, 0.1) is 5.92 Å². The Morgan fingerprint density at radius 3 is 2.65 bits per heavy atom. The van der Waals surface area contributed by atoms with Gasteiger partial charge in [0.15, 0.2) is 0 Å². The first-order chi connectivity index (χ1) is 11.2. The van der Waals surface area contributed by atoms with Gasteiger partial charge in [-0.15, -0.1) is 0 Å². The molecule has 2 saturated carbocycles. The van der Waals surface area contributed by atoms with Crippen molar-refractivity contribution in [2.45, 2.75) is 37.6 Å². The summed E-state index contributed by atoms with van der Waals surface area (Å²) in [5.41, 5.74) is 8.61. The van der Waals surface area contributed by atoms with E-state index in [4.69, 9.17) is 5.73 Å². The Morgan fingerprint density at radius 1 is 1.26 bits per heavy atom. The summed E-state index contributed by atoms with van der Waals surface area (Å²) in [4.78, 5) is 12.6. The minimum atomic E-state index is -0.0932. The second-order valence-electron chi connectivity index (χ2n) is 6.69. The number of benzene rings is 1. The Morgan fingerprint density at radius 2 is 2.00 bits per heavy atom. The van der Waals surface area contributed by atoms with Crippen LogP contribution in [0.4, 0.5) is 0 Å². The van der Waals surface area contributed by atoms with Gasteiger partial charge >= 0.3 is 0 Å². The van der Waals surface area contributed by atoms with Crippen LogP contribution in [0.25, 0.3) is 5.69 Å². The molecule has 5 heteroatoms. The summed E-state index contributed by atoms with van der Waals surface area (Å²) in [6, 6.07) is 11.8. The lowest BCUT2D eigenvalue weighted by molar-refractivity contribution is 0.0942. The number of hydrogen-bond acceptors (Lipinski definition) is 3. The summed E-state index contributed by atoms with van der Waals surface area (Å²) in [5, 5.41) is 7.64. The van der Waals surface area contributed by atoms with Crippen LogP contribution >= 0.6 is 0 Å². The largest absolute Gasteiger partial charge is 0.349 e. The third-order valence-electron chi connectivity index (χ3n) is 4.68. The lowest BCUT2D eigenvalue weighted by atomic mass is 10.2. The third kappa shape index (κ3) is 3.15. The zero-order valence-corrected chi connectivity index (χ0v) is 13.1. The molecule has 1 aromatic heterocycles. The second kappa shape index (κ2) is 5.81. The number of nitrogens with one attached hydrogen (secondary N) is 1. The molecule has 0 aliphatic heterocycles. The summed E-state index contributed by atoms with van der Waals surface area (Å²) in [5.74, 6) is 1.00. The maximum absolute atomic E-state index is 12.6. The second-order valence-corrected chi connectivity index (χ2v) is 6.69. The van der Waals surface area contributed by atoms with Crippen molar-refractivity contribution in [3.63, 3.8) is 0 Å². The van der Waals surface area contributed by atoms with Gasteiger partial charge in [-0.2, -0.15) is 5.10 Å². The van der Waals surface area contributed by atoms with E-state index >= 15 is 0 Å². The summed E-state index contributed by atoms with van der Waals surface area (Å²) in [6.45, 7) is 0.530. The van der Waals surface area contributed by atoms with E-state index < -0.39 is 0 Å². The Hall–Kier alpha value is -2.14. The van der Waals surface area contributed by atoms with Crippen LogP contribution in [0.5, 0.6) is 0 Å². The fourth-order valence-electron chi connectivity index (χ4n) is 2.90. The van der Waals surface area contributed by atoms with Crippen LogP contribution in [0.2, 0.25) is 0 Å². The minimum absolute atomic E-state index is 0.0648. The molecular weight excluding hydrogens is 288 g/mol. The highest BCUT2D eigenvalue weighted by molar-refractivity contribution is 5.93. The molecule has 0 saturated heterocycles. The van der Waals surface area contributed by atoms with E-state index in [0.717, 1.165) is 11.4 Å². The van der Waals surface area contributed by atoms with Crippen molar-refractivity contribution in [2.24, 2.45) is 11.7 Å². The van der Waals surface area contributed by atoms with Crippen molar-refractivity contribution in [3.05, 3.63) is 47.8 Å². The van der Waals surface area contributed by atoms with Gasteiger partial charge in [-0.25, -0.2) is 4.68 Å². The predicted molar refractivity (Wildman–Crippen MR) is 88.6 cm³/mol. The quantitative estimate of drug-likeness (QED) is 0.859. The fourth-order valence-corrected chi connectivity index (χ4v) is 2.90. The van der Waals surface area contributed by atoms with E-state index in [1.165, 1.54) is 25.7 Å². The number of hydrogen-bond donors (Lipinski definition) is 2. The molecular formula is C18H22N4O. The highest BCUT2D eigenvalue weighted by Gasteiger charge is 2.30. The summed E-state index contributed by atoms with van der Waals surface area (Å²) in [6.07, 6.45) is 4.70. The zero-order chi connectivity index (χ0) is 15.8. The predicted octanol–water partition coefficient (Wildman–Crippen LogP) is 2.22. The molecule has 0 radical (unpaired) electrons. The summed E-state index contributed by atoms with van der Waals surface area (Å²) >= 11 is 0. The Labute approximate surface area is 135 Å². The zero-order valence-electron chi connectivity index (χ0n) is 13.1. The molecule has 4 rings (SSSR count). The Balaban J connectivity index is 1.56. The van der Waals surface area contributed by atoms with Crippen LogP contribution in [0.1, 0.15) is 47.8 Å². The standard InChI is InChI=1S/C18H22N4O/c19-15(12-6-7-12)11-20-18(23)17-10-16(13-8-9-13)21-22(17)14-4-2-1-3-5-14/h1-5,10,12-13,15H,6-9,11,19H2,(H,20,23). The average molecular weight is 310 g/mol. The van der Waals surface area contributed by atoms with Gasteiger partial charge in [-0.3, -0.25) is 4.79 Å². The van der Waals surface area contributed by atoms with E-state index in [9.17, 15) is 4.79 Å². The van der Waals surface area contributed by atoms with Gasteiger partial charge < -0.3 is 11.1 Å². The highest BCUT2D eigenvalue weighted by Crippen LogP contribution is 2.39. The lowest BCUT2D eigenvalue weighted by Crippen LogP contribution is -2.39. The normalized spacial score (nSPS) is 18.7. The van der Waals surface area contributed by atoms with Crippen molar-refractivity contribution in [1.29, 1.82) is 0 Å². The monoisotopic (exact) mass is 310 g/mol. The van der Waals surface area contributed by atoms with Gasteiger partial charge in [-0.05, 0) is 49.8 Å². The fraction of sp³-hybridized carbons (Fsp3) is 0.444. The number of carbonyl (C=O) groups excluding carboxylic acids is 1. The molecule has 1 unspecified atom stereocenters. The maximum Gasteiger partial charge on any atom is 0.270 e. The molecule has 1 aromatic carbocycles. The molecule has 1 heterocycles. The molecule has 1 atom stereocenters. The van der Waals surface area contributed by atoms with E-state index in [2.05, 4.69) is 10.4 Å². The first-order valence-electron chi connectivity index (χ1n) is 8.41.